The lowest BCUT2D eigenvalue weighted by atomic mass is 9.60. The molecule has 0 spiro atoms. The van der Waals surface area contributed by atoms with E-state index in [1.54, 1.807) is 9.80 Å². The molecule has 1 fully saturated rings. The summed E-state index contributed by atoms with van der Waals surface area (Å²) >= 11 is 0. The third-order valence-electron chi connectivity index (χ3n) is 10.7. The Bertz CT molecular complexity index is 2380. The first-order valence-electron chi connectivity index (χ1n) is 16.3. The highest BCUT2D eigenvalue weighted by molar-refractivity contribution is 6.24. The van der Waals surface area contributed by atoms with Gasteiger partial charge in [-0.05, 0) is 67.1 Å². The first-order chi connectivity index (χ1) is 23.5. The number of rotatable bonds is 4. The molecule has 4 nitrogen and oxygen atoms in total. The normalized spacial score (nSPS) is 20.0. The molecule has 4 heteroatoms. The fourth-order valence-corrected chi connectivity index (χ4v) is 8.66. The molecule has 0 N–H and O–H groups in total. The number of benzene rings is 7. The van der Waals surface area contributed by atoms with Gasteiger partial charge in [0.1, 0.15) is 0 Å². The fraction of sp³-hybridized carbons (Fsp3) is 0.0909. The molecule has 1 saturated heterocycles. The van der Waals surface area contributed by atoms with Gasteiger partial charge >= 0.3 is 0 Å². The van der Waals surface area contributed by atoms with Gasteiger partial charge in [0, 0.05) is 25.2 Å². The van der Waals surface area contributed by atoms with E-state index >= 15 is 9.59 Å². The highest BCUT2D eigenvalue weighted by Crippen LogP contribution is 2.59. The van der Waals surface area contributed by atoms with E-state index in [1.807, 2.05) is 86.9 Å². The van der Waals surface area contributed by atoms with E-state index in [0.29, 0.717) is 5.56 Å². The van der Waals surface area contributed by atoms with Crippen LogP contribution in [0, 0.1) is 0 Å². The van der Waals surface area contributed by atoms with E-state index in [0.717, 1.165) is 60.5 Å². The molecule has 230 valence electrons. The highest BCUT2D eigenvalue weighted by atomic mass is 16.2. The van der Waals surface area contributed by atoms with Crippen LogP contribution in [0.25, 0.3) is 43.8 Å². The van der Waals surface area contributed by atoms with Crippen molar-refractivity contribution < 1.29 is 9.59 Å². The van der Waals surface area contributed by atoms with E-state index in [2.05, 4.69) is 84.9 Å². The summed E-state index contributed by atoms with van der Waals surface area (Å²) < 4.78 is 0. The standard InChI is InChI=1S/C44H32N2O2/c1-45-41(47)43(31-21-11-5-12-22-31)37-27-35-36(28-38(37)44(45,46(2)42(43)48)32-23-13-6-14-24-32)40(30-19-9-4-10-20-30)34-26-16-15-25-33(34)39(35)29-17-7-3-8-18-29/h3-28H,1-2H3. The zero-order valence-electron chi connectivity index (χ0n) is 26.7. The summed E-state index contributed by atoms with van der Waals surface area (Å²) in [6, 6.07) is 53.6. The summed E-state index contributed by atoms with van der Waals surface area (Å²) in [5.41, 5.74) is 4.92. The van der Waals surface area contributed by atoms with Gasteiger partial charge in [-0.3, -0.25) is 9.59 Å². The van der Waals surface area contributed by atoms with Crippen molar-refractivity contribution in [3.63, 3.8) is 0 Å². The van der Waals surface area contributed by atoms with E-state index in [9.17, 15) is 0 Å². The van der Waals surface area contributed by atoms with Crippen LogP contribution >= 0.6 is 0 Å². The second-order valence-electron chi connectivity index (χ2n) is 12.9. The number of carbonyl (C=O) groups excluding carboxylic acids is 2. The Hall–Kier alpha value is -6.00. The Balaban J connectivity index is 1.55. The molecular weight excluding hydrogens is 588 g/mol. The minimum absolute atomic E-state index is 0.224. The van der Waals surface area contributed by atoms with Gasteiger partial charge < -0.3 is 9.80 Å². The van der Waals surface area contributed by atoms with Crippen LogP contribution in [0.5, 0.6) is 0 Å². The number of amides is 2. The molecule has 3 aliphatic heterocycles. The Kier molecular flexibility index (Phi) is 6.03. The molecule has 0 atom stereocenters. The lowest BCUT2D eigenvalue weighted by molar-refractivity contribution is -0.176. The number of hydrogen-bond donors (Lipinski definition) is 0. The van der Waals surface area contributed by atoms with Gasteiger partial charge in [0.25, 0.3) is 0 Å². The number of likely N-dealkylation sites (N-methyl/N-ethyl adjacent to an activating group) is 2. The van der Waals surface area contributed by atoms with Crippen molar-refractivity contribution >= 4 is 33.4 Å². The van der Waals surface area contributed by atoms with E-state index in [-0.39, 0.29) is 11.8 Å². The molecule has 7 aromatic carbocycles. The topological polar surface area (TPSA) is 40.6 Å². The van der Waals surface area contributed by atoms with Crippen LogP contribution in [-0.4, -0.2) is 35.7 Å². The van der Waals surface area contributed by atoms with Gasteiger partial charge in [0.15, 0.2) is 11.1 Å². The number of fused-ring (bicyclic) bond motifs is 4. The number of carbonyl (C=O) groups is 2. The predicted octanol–water partition coefficient (Wildman–Crippen LogP) is 8.76. The SMILES string of the molecule is CN1C(=O)C2(c3ccccc3)C(=O)N(C)C1(c1ccccc1)c1cc3c(-c4ccccc4)c4ccccc4c(-c4ccccc4)c3cc12. The molecule has 0 radical (unpaired) electrons. The maximum Gasteiger partial charge on any atom is 0.249 e. The third kappa shape index (κ3) is 3.44. The van der Waals surface area contributed by atoms with Crippen molar-refractivity contribution in [3.05, 3.63) is 180 Å². The van der Waals surface area contributed by atoms with E-state index in [4.69, 9.17) is 0 Å². The van der Waals surface area contributed by atoms with Crippen molar-refractivity contribution in [2.24, 2.45) is 0 Å². The number of hydrogen-bond acceptors (Lipinski definition) is 2. The third-order valence-corrected chi connectivity index (χ3v) is 10.7. The monoisotopic (exact) mass is 620 g/mol. The first-order valence-corrected chi connectivity index (χ1v) is 16.3. The molecule has 2 amide bonds. The Morgan fingerprint density at radius 3 is 1.25 bits per heavy atom. The van der Waals surface area contributed by atoms with Crippen molar-refractivity contribution in [2.75, 3.05) is 14.1 Å². The van der Waals surface area contributed by atoms with Crippen molar-refractivity contribution in [2.45, 2.75) is 11.1 Å². The summed E-state index contributed by atoms with van der Waals surface area (Å²) in [6.45, 7) is 0. The molecule has 0 unspecified atom stereocenters. The minimum atomic E-state index is -1.54. The van der Waals surface area contributed by atoms with Crippen molar-refractivity contribution in [3.8, 4) is 22.3 Å². The van der Waals surface area contributed by atoms with Crippen LogP contribution in [0.15, 0.2) is 158 Å². The lowest BCUT2D eigenvalue weighted by Gasteiger charge is -2.62. The summed E-state index contributed by atoms with van der Waals surface area (Å²) in [5.74, 6) is -0.448. The minimum Gasteiger partial charge on any atom is -0.313 e. The van der Waals surface area contributed by atoms with Gasteiger partial charge in [0.05, 0.1) is 0 Å². The van der Waals surface area contributed by atoms with Crippen molar-refractivity contribution in [1.29, 1.82) is 0 Å². The largest absolute Gasteiger partial charge is 0.313 e. The summed E-state index contributed by atoms with van der Waals surface area (Å²) in [4.78, 5) is 33.7. The van der Waals surface area contributed by atoms with Gasteiger partial charge in [-0.25, -0.2) is 0 Å². The van der Waals surface area contributed by atoms with Crippen LogP contribution in [0.3, 0.4) is 0 Å². The fourth-order valence-electron chi connectivity index (χ4n) is 8.66. The molecule has 0 aliphatic carbocycles. The predicted molar refractivity (Wildman–Crippen MR) is 192 cm³/mol. The van der Waals surface area contributed by atoms with Gasteiger partial charge in [0.2, 0.25) is 11.8 Å². The average Bonchev–Trinajstić information content (AvgIpc) is 3.15. The molecular formula is C44H32N2O2. The Morgan fingerprint density at radius 2 is 0.792 bits per heavy atom. The molecule has 3 aliphatic rings. The summed E-state index contributed by atoms with van der Waals surface area (Å²) in [7, 11) is 3.69. The van der Waals surface area contributed by atoms with Crippen LogP contribution < -0.4 is 0 Å². The molecule has 48 heavy (non-hydrogen) atoms. The second kappa shape index (κ2) is 10.2. The maximum atomic E-state index is 15.1. The molecule has 0 saturated carbocycles. The zero-order chi connectivity index (χ0) is 32.6. The van der Waals surface area contributed by atoms with Crippen LogP contribution in [-0.2, 0) is 20.7 Å². The van der Waals surface area contributed by atoms with Gasteiger partial charge in [-0.15, -0.1) is 0 Å². The Morgan fingerprint density at radius 1 is 0.417 bits per heavy atom. The van der Waals surface area contributed by atoms with Crippen molar-refractivity contribution in [1.82, 2.24) is 9.80 Å². The van der Waals surface area contributed by atoms with Gasteiger partial charge in [-0.2, -0.15) is 0 Å². The summed E-state index contributed by atoms with van der Waals surface area (Å²) in [5, 5.41) is 4.35. The van der Waals surface area contributed by atoms with Crippen LogP contribution in [0.2, 0.25) is 0 Å². The molecule has 2 bridgehead atoms. The molecule has 0 aromatic heterocycles. The summed E-state index contributed by atoms with van der Waals surface area (Å²) in [6.07, 6.45) is 0. The molecule has 3 heterocycles. The average molecular weight is 621 g/mol. The van der Waals surface area contributed by atoms with E-state index < -0.39 is 11.1 Å². The zero-order valence-corrected chi connectivity index (χ0v) is 26.7. The lowest BCUT2D eigenvalue weighted by Crippen LogP contribution is -2.77. The Labute approximate surface area is 279 Å². The smallest absolute Gasteiger partial charge is 0.249 e. The first kappa shape index (κ1) is 28.2. The molecule has 7 aromatic rings. The van der Waals surface area contributed by atoms with Crippen LogP contribution in [0.1, 0.15) is 22.3 Å². The number of nitrogens with zero attached hydrogens (tertiary/aromatic N) is 2. The highest BCUT2D eigenvalue weighted by Gasteiger charge is 2.69. The van der Waals surface area contributed by atoms with Crippen LogP contribution in [0.4, 0.5) is 0 Å². The molecule has 10 rings (SSSR count). The van der Waals surface area contributed by atoms with E-state index in [1.165, 1.54) is 0 Å². The van der Waals surface area contributed by atoms with Gasteiger partial charge in [-0.1, -0.05) is 146 Å². The maximum absolute atomic E-state index is 15.1. The quantitative estimate of drug-likeness (QED) is 0.146. The second-order valence-corrected chi connectivity index (χ2v) is 12.9.